The van der Waals surface area contributed by atoms with Gasteiger partial charge in [0, 0.05) is 19.2 Å². The normalized spacial score (nSPS) is 10.6. The lowest BCUT2D eigenvalue weighted by Crippen LogP contribution is -2.14. The number of carbonyl (C=O) groups is 1. The maximum absolute atomic E-state index is 12.4. The van der Waals surface area contributed by atoms with Crippen molar-refractivity contribution in [3.63, 3.8) is 0 Å². The van der Waals surface area contributed by atoms with Crippen LogP contribution in [0.5, 0.6) is 11.5 Å². The third-order valence-corrected chi connectivity index (χ3v) is 5.60. The molecule has 1 heterocycles. The Kier molecular flexibility index (Phi) is 6.64. The van der Waals surface area contributed by atoms with E-state index in [1.165, 1.54) is 17.3 Å². The second-order valence-corrected chi connectivity index (χ2v) is 7.84. The maximum Gasteiger partial charge on any atom is 0.234 e. The Morgan fingerprint density at radius 3 is 2.26 bits per heavy atom. The molecule has 31 heavy (non-hydrogen) atoms. The molecule has 1 N–H and O–H groups in total. The van der Waals surface area contributed by atoms with Crippen LogP contribution in [0.3, 0.4) is 0 Å². The first-order valence-electron chi connectivity index (χ1n) is 9.85. The summed E-state index contributed by atoms with van der Waals surface area (Å²) < 4.78 is 7.70. The van der Waals surface area contributed by atoms with E-state index >= 15 is 0 Å². The fraction of sp³-hybridized carbons (Fsp3) is 0.125. The molecule has 4 rings (SSSR count). The van der Waals surface area contributed by atoms with Gasteiger partial charge in [0.1, 0.15) is 17.3 Å². The number of ether oxygens (including phenoxy) is 1. The second kappa shape index (κ2) is 9.95. The van der Waals surface area contributed by atoms with Crippen molar-refractivity contribution in [1.29, 1.82) is 0 Å². The number of hydrogen-bond acceptors (Lipinski definition) is 5. The lowest BCUT2D eigenvalue weighted by atomic mass is 10.1. The van der Waals surface area contributed by atoms with E-state index in [1.54, 1.807) is 0 Å². The summed E-state index contributed by atoms with van der Waals surface area (Å²) in [7, 11) is 1.92. The SMILES string of the molecule is Cn1c(Cc2ccccc2)nnc1SCC(=O)Nc1ccc(Oc2ccccc2)cc1. The molecule has 0 fully saturated rings. The van der Waals surface area contributed by atoms with Crippen molar-refractivity contribution in [3.05, 3.63) is 96.3 Å². The van der Waals surface area contributed by atoms with Gasteiger partial charge in [0.15, 0.2) is 5.16 Å². The molecule has 4 aromatic rings. The zero-order valence-corrected chi connectivity index (χ0v) is 17.9. The van der Waals surface area contributed by atoms with Gasteiger partial charge in [-0.05, 0) is 42.0 Å². The highest BCUT2D eigenvalue weighted by Crippen LogP contribution is 2.23. The van der Waals surface area contributed by atoms with E-state index in [9.17, 15) is 4.79 Å². The van der Waals surface area contributed by atoms with Gasteiger partial charge < -0.3 is 14.6 Å². The molecule has 0 saturated carbocycles. The third kappa shape index (κ3) is 5.73. The summed E-state index contributed by atoms with van der Waals surface area (Å²) in [5, 5.41) is 12.1. The van der Waals surface area contributed by atoms with Gasteiger partial charge in [-0.3, -0.25) is 4.79 Å². The molecule has 0 bridgehead atoms. The number of aromatic nitrogens is 3. The predicted molar refractivity (Wildman–Crippen MR) is 123 cm³/mol. The highest BCUT2D eigenvalue weighted by atomic mass is 32.2. The largest absolute Gasteiger partial charge is 0.457 e. The Bertz CT molecular complexity index is 1130. The maximum atomic E-state index is 12.4. The topological polar surface area (TPSA) is 69.0 Å². The van der Waals surface area contributed by atoms with Crippen molar-refractivity contribution in [3.8, 4) is 11.5 Å². The molecular formula is C24H22N4O2S. The quantitative estimate of drug-likeness (QED) is 0.402. The Labute approximate surface area is 185 Å². The highest BCUT2D eigenvalue weighted by Gasteiger charge is 2.12. The van der Waals surface area contributed by atoms with Crippen LogP contribution in [0.4, 0.5) is 5.69 Å². The Balaban J connectivity index is 1.28. The summed E-state index contributed by atoms with van der Waals surface area (Å²) in [4.78, 5) is 12.4. The van der Waals surface area contributed by atoms with Gasteiger partial charge in [-0.2, -0.15) is 0 Å². The lowest BCUT2D eigenvalue weighted by molar-refractivity contribution is -0.113. The van der Waals surface area contributed by atoms with E-state index in [4.69, 9.17) is 4.74 Å². The average molecular weight is 431 g/mol. The molecule has 1 amide bonds. The van der Waals surface area contributed by atoms with Crippen molar-refractivity contribution in [2.24, 2.45) is 7.05 Å². The molecule has 0 atom stereocenters. The van der Waals surface area contributed by atoms with Crippen LogP contribution in [-0.2, 0) is 18.3 Å². The fourth-order valence-electron chi connectivity index (χ4n) is 2.96. The molecule has 156 valence electrons. The summed E-state index contributed by atoms with van der Waals surface area (Å²) in [5.74, 6) is 2.49. The average Bonchev–Trinajstić information content (AvgIpc) is 3.14. The molecule has 1 aromatic heterocycles. The first-order valence-corrected chi connectivity index (χ1v) is 10.8. The molecule has 0 aliphatic carbocycles. The number of carbonyl (C=O) groups excluding carboxylic acids is 1. The number of nitrogens with one attached hydrogen (secondary N) is 1. The van der Waals surface area contributed by atoms with Crippen LogP contribution in [0.15, 0.2) is 90.1 Å². The number of hydrogen-bond donors (Lipinski definition) is 1. The van der Waals surface area contributed by atoms with Gasteiger partial charge >= 0.3 is 0 Å². The first kappa shape index (κ1) is 20.7. The van der Waals surface area contributed by atoms with Gasteiger partial charge in [0.2, 0.25) is 5.91 Å². The summed E-state index contributed by atoms with van der Waals surface area (Å²) in [6, 6.07) is 27.0. The zero-order chi connectivity index (χ0) is 21.5. The van der Waals surface area contributed by atoms with Crippen molar-refractivity contribution in [2.75, 3.05) is 11.1 Å². The number of benzene rings is 3. The summed E-state index contributed by atoms with van der Waals surface area (Å²) in [6.45, 7) is 0. The zero-order valence-electron chi connectivity index (χ0n) is 17.1. The fourth-order valence-corrected chi connectivity index (χ4v) is 3.69. The van der Waals surface area contributed by atoms with E-state index in [0.29, 0.717) is 23.0 Å². The van der Waals surface area contributed by atoms with Crippen molar-refractivity contribution < 1.29 is 9.53 Å². The summed E-state index contributed by atoms with van der Waals surface area (Å²) >= 11 is 1.36. The predicted octanol–water partition coefficient (Wildman–Crippen LogP) is 4.93. The van der Waals surface area contributed by atoms with Gasteiger partial charge in [-0.15, -0.1) is 10.2 Å². The van der Waals surface area contributed by atoms with E-state index in [0.717, 1.165) is 11.6 Å². The monoisotopic (exact) mass is 430 g/mol. The first-order chi connectivity index (χ1) is 15.2. The van der Waals surface area contributed by atoms with Crippen LogP contribution in [0.2, 0.25) is 0 Å². The number of rotatable bonds is 8. The number of nitrogens with zero attached hydrogens (tertiary/aromatic N) is 3. The van der Waals surface area contributed by atoms with Crippen LogP contribution in [0, 0.1) is 0 Å². The molecule has 0 spiro atoms. The minimum absolute atomic E-state index is 0.102. The number of anilines is 1. The summed E-state index contributed by atoms with van der Waals surface area (Å²) in [5.41, 5.74) is 1.89. The third-order valence-electron chi connectivity index (χ3n) is 4.58. The van der Waals surface area contributed by atoms with Gasteiger partial charge in [0.05, 0.1) is 5.75 Å². The summed E-state index contributed by atoms with van der Waals surface area (Å²) in [6.07, 6.45) is 0.703. The Hall–Kier alpha value is -3.58. The molecule has 0 aliphatic rings. The Morgan fingerprint density at radius 2 is 1.55 bits per heavy atom. The smallest absolute Gasteiger partial charge is 0.234 e. The number of thioether (sulfide) groups is 1. The van der Waals surface area contributed by atoms with Crippen molar-refractivity contribution in [2.45, 2.75) is 11.6 Å². The molecule has 0 saturated heterocycles. The van der Waals surface area contributed by atoms with Gasteiger partial charge in [0.25, 0.3) is 0 Å². The van der Waals surface area contributed by atoms with E-state index < -0.39 is 0 Å². The molecule has 0 radical (unpaired) electrons. The molecule has 0 unspecified atom stereocenters. The molecular weight excluding hydrogens is 408 g/mol. The Morgan fingerprint density at radius 1 is 0.903 bits per heavy atom. The molecule has 0 aliphatic heterocycles. The van der Waals surface area contributed by atoms with Crippen LogP contribution in [0.1, 0.15) is 11.4 Å². The van der Waals surface area contributed by atoms with E-state index in [1.807, 2.05) is 84.4 Å². The minimum Gasteiger partial charge on any atom is -0.457 e. The van der Waals surface area contributed by atoms with Gasteiger partial charge in [-0.1, -0.05) is 60.3 Å². The highest BCUT2D eigenvalue weighted by molar-refractivity contribution is 7.99. The van der Waals surface area contributed by atoms with E-state index in [-0.39, 0.29) is 11.7 Å². The molecule has 7 heteroatoms. The molecule has 6 nitrogen and oxygen atoms in total. The van der Waals surface area contributed by atoms with Crippen LogP contribution < -0.4 is 10.1 Å². The minimum atomic E-state index is -0.102. The lowest BCUT2D eigenvalue weighted by Gasteiger charge is -2.08. The van der Waals surface area contributed by atoms with Crippen molar-refractivity contribution in [1.82, 2.24) is 14.8 Å². The van der Waals surface area contributed by atoms with Gasteiger partial charge in [-0.25, -0.2) is 0 Å². The number of para-hydroxylation sites is 1. The van der Waals surface area contributed by atoms with E-state index in [2.05, 4.69) is 27.6 Å². The van der Waals surface area contributed by atoms with Crippen molar-refractivity contribution >= 4 is 23.4 Å². The van der Waals surface area contributed by atoms with Crippen LogP contribution >= 0.6 is 11.8 Å². The number of amides is 1. The van der Waals surface area contributed by atoms with Crippen LogP contribution in [-0.4, -0.2) is 26.4 Å². The second-order valence-electron chi connectivity index (χ2n) is 6.90. The van der Waals surface area contributed by atoms with Crippen LogP contribution in [0.25, 0.3) is 0 Å². The molecule has 3 aromatic carbocycles. The standard InChI is InChI=1S/C24H22N4O2S/c1-28-22(16-18-8-4-2-5-9-18)26-27-24(28)31-17-23(29)25-19-12-14-21(15-13-19)30-20-10-6-3-7-11-20/h2-15H,16-17H2,1H3,(H,25,29).